The Balaban J connectivity index is 4.73. The first-order valence-corrected chi connectivity index (χ1v) is 5.33. The van der Waals surface area contributed by atoms with Crippen molar-refractivity contribution in [1.29, 1.82) is 0 Å². The van der Waals surface area contributed by atoms with Gasteiger partial charge >= 0.3 is 0 Å². The summed E-state index contributed by atoms with van der Waals surface area (Å²) in [5.74, 6) is 0. The lowest BCUT2D eigenvalue weighted by atomic mass is 8.50. The van der Waals surface area contributed by atoms with Crippen LogP contribution < -0.4 is 0 Å². The molecule has 0 aliphatic rings. The second kappa shape index (κ2) is 8.31. The molecule has 17 heavy (non-hydrogen) atoms. The molecule has 51 valence electrons. The van der Waals surface area contributed by atoms with Crippen molar-refractivity contribution in [3.63, 3.8) is 0 Å². The highest BCUT2D eigenvalue weighted by Crippen LogP contribution is 1.95. The van der Waals surface area contributed by atoms with Crippen molar-refractivity contribution in [2.45, 2.75) is 0 Å². The Bertz CT molecular complexity index is 180. The highest BCUT2D eigenvalue weighted by molar-refractivity contribution is 8.08. The highest BCUT2D eigenvalue weighted by atomic mass is 13.1. The van der Waals surface area contributed by atoms with E-state index in [1.54, 1.807) is 7.06 Å². The first-order chi connectivity index (χ1) is 7.68. The predicted molar refractivity (Wildman–Crippen MR) is 97.8 cm³/mol. The molecule has 0 atom stereocenters. The molecule has 0 aliphatic heterocycles. The minimum Gasteiger partial charge on any atom is 0 e. The van der Waals surface area contributed by atoms with E-state index in [4.69, 9.17) is 69.6 Å². The second-order valence-electron chi connectivity index (χ2n) is 4.23. The van der Waals surface area contributed by atoms with Crippen molar-refractivity contribution in [3.05, 3.63) is 0 Å². The van der Waals surface area contributed by atoms with Gasteiger partial charge in [-0.15, -0.1) is 0 Å². The molecule has 0 unspecified atom stereocenters. The molecule has 0 rings (SSSR count). The number of hydrogen-bond acceptors (Lipinski definition) is 0. The second-order valence-corrected chi connectivity index (χ2v) is 4.23. The van der Waals surface area contributed by atoms with E-state index >= 15 is 0 Å². The molecule has 0 aromatic heterocycles. The Morgan fingerprint density at radius 3 is 1.06 bits per heavy atom. The highest BCUT2D eigenvalue weighted by Gasteiger charge is 2.33. The Morgan fingerprint density at radius 2 is 0.824 bits per heavy atom. The molecule has 0 aromatic rings. The van der Waals surface area contributed by atoms with Crippen molar-refractivity contribution < 1.29 is 0 Å². The van der Waals surface area contributed by atoms with Crippen molar-refractivity contribution in [2.24, 2.45) is 0 Å². The lowest BCUT2D eigenvalue weighted by Gasteiger charge is -2.32. The fraction of sp³-hybridized carbons (Fsp3) is 0. The molecule has 0 fully saturated rings. The topological polar surface area (TPSA) is 0 Å². The van der Waals surface area contributed by atoms with Crippen LogP contribution in [0, 0.1) is 0 Å². The van der Waals surface area contributed by atoms with Crippen molar-refractivity contribution in [1.82, 2.24) is 0 Å². The first kappa shape index (κ1) is 18.1. The zero-order valence-corrected chi connectivity index (χ0v) is 9.81. The molecule has 19 radical (unpaired) electrons. The summed E-state index contributed by atoms with van der Waals surface area (Å²) in [7, 11) is 51.9. The van der Waals surface area contributed by atoms with Gasteiger partial charge in [0.1, 0.15) is 0 Å². The average Bonchev–Trinajstić information content (AvgIpc) is 2.15. The van der Waals surface area contributed by atoms with Gasteiger partial charge in [-0.3, -0.25) is 0 Å². The minimum atomic E-state index is -0.769. The standard InChI is InChI=1S/B17/c1-11(2)15(9)17(14(7)8)10-16(12(3)4)13(5)6. The quantitative estimate of drug-likeness (QED) is 0.345. The van der Waals surface area contributed by atoms with E-state index in [1.165, 1.54) is 0 Å². The van der Waals surface area contributed by atoms with Crippen molar-refractivity contribution in [2.75, 3.05) is 0 Å². The van der Waals surface area contributed by atoms with Gasteiger partial charge in [0.2, 0.25) is 0 Å². The van der Waals surface area contributed by atoms with Crippen LogP contribution in [0.5, 0.6) is 0 Å². The first-order valence-electron chi connectivity index (χ1n) is 5.33. The van der Waals surface area contributed by atoms with Gasteiger partial charge in [-0.2, -0.15) is 0 Å². The van der Waals surface area contributed by atoms with E-state index < -0.39 is 44.7 Å². The van der Waals surface area contributed by atoms with Crippen LogP contribution in [0.15, 0.2) is 0 Å². The third-order valence-electron chi connectivity index (χ3n) is 2.67. The summed E-state index contributed by atoms with van der Waals surface area (Å²) < 4.78 is 0. The summed E-state index contributed by atoms with van der Waals surface area (Å²) in [4.78, 5) is 0. The molecule has 0 amide bonds. The van der Waals surface area contributed by atoms with E-state index in [2.05, 4.69) is 0 Å². The van der Waals surface area contributed by atoms with E-state index in [0.29, 0.717) is 0 Å². The average molecular weight is 184 g/mol. The summed E-state index contributed by atoms with van der Waals surface area (Å²) in [6.45, 7) is 0. The van der Waals surface area contributed by atoms with Crippen LogP contribution >= 0.6 is 0 Å². The molecule has 17 heteroatoms. The fourth-order valence-corrected chi connectivity index (χ4v) is 1.54. The normalized spacial score (nSPS) is 8.94. The third kappa shape index (κ3) is 6.19. The van der Waals surface area contributed by atoms with Gasteiger partial charge in [-0.1, -0.05) is 0 Å². The van der Waals surface area contributed by atoms with Crippen molar-refractivity contribution >= 4 is 121 Å². The molecule has 0 aromatic carbocycles. The molecule has 0 saturated heterocycles. The fourth-order valence-electron chi connectivity index (χ4n) is 1.54. The van der Waals surface area contributed by atoms with E-state index in [9.17, 15) is 0 Å². The summed E-state index contributed by atoms with van der Waals surface area (Å²) in [5, 5.41) is 0. The SMILES string of the molecule is [B]B([B])B([B])B([B]B(B([B])[B])B([B])[B])B([B])[B]. The minimum absolute atomic E-state index is 0.482. The van der Waals surface area contributed by atoms with Gasteiger partial charge in [-0.25, -0.2) is 0 Å². The van der Waals surface area contributed by atoms with Crippen LogP contribution in [-0.4, -0.2) is 121 Å². The van der Waals surface area contributed by atoms with Crippen LogP contribution in [0.4, 0.5) is 0 Å². The zero-order valence-electron chi connectivity index (χ0n) is 9.81. The van der Waals surface area contributed by atoms with Gasteiger partial charge in [-0.05, 0) is 0 Å². The Hall–Kier alpha value is 1.10. The molecule has 0 saturated carbocycles. The maximum absolute atomic E-state index is 5.81. The van der Waals surface area contributed by atoms with Crippen LogP contribution in [0.3, 0.4) is 0 Å². The maximum Gasteiger partial charge on any atom is 0 e. The number of rotatable bonds is 7. The monoisotopic (exact) mass is 187 g/mol. The molecule has 0 spiro atoms. The molecule has 0 heterocycles. The summed E-state index contributed by atoms with van der Waals surface area (Å²) in [6.07, 6.45) is -4.59. The van der Waals surface area contributed by atoms with Gasteiger partial charge in [0.05, 0.1) is 0 Å². The maximum atomic E-state index is 5.81. The molecular formula is B17. The van der Waals surface area contributed by atoms with Gasteiger partial charge < -0.3 is 0 Å². The lowest BCUT2D eigenvalue weighted by Crippen LogP contribution is -2.70. The Kier molecular flexibility index (Phi) is 8.85. The molecular weight excluding hydrogens is 184 g/mol. The summed E-state index contributed by atoms with van der Waals surface area (Å²) >= 11 is 0. The van der Waals surface area contributed by atoms with Crippen LogP contribution in [0.25, 0.3) is 0 Å². The van der Waals surface area contributed by atoms with E-state index in [1.807, 2.05) is 0 Å². The molecule has 0 aliphatic carbocycles. The smallest absolute Gasteiger partial charge is 0 e. The van der Waals surface area contributed by atoms with Crippen LogP contribution in [0.2, 0.25) is 0 Å². The predicted octanol–water partition coefficient (Wildman–Crippen LogP) is -6.47. The van der Waals surface area contributed by atoms with Gasteiger partial charge in [0.25, 0.3) is 0 Å². The van der Waals surface area contributed by atoms with Gasteiger partial charge in [0.15, 0.2) is 0 Å². The molecule has 0 nitrogen and oxygen atoms in total. The third-order valence-corrected chi connectivity index (χ3v) is 2.67. The van der Waals surface area contributed by atoms with E-state index in [0.717, 1.165) is 0 Å². The zero-order chi connectivity index (χ0) is 13.7. The summed E-state index contributed by atoms with van der Waals surface area (Å²) in [5.41, 5.74) is 0. The van der Waals surface area contributed by atoms with Gasteiger partial charge in [0, 0.05) is 121 Å². The largest absolute Gasteiger partial charge is 0 e. The molecule has 0 N–H and O–H groups in total. The number of hydrogen-bond donors (Lipinski definition) is 0. The lowest BCUT2D eigenvalue weighted by molar-refractivity contribution is 3.44. The van der Waals surface area contributed by atoms with Crippen LogP contribution in [-0.2, 0) is 0 Å². The molecule has 0 bridgehead atoms. The van der Waals surface area contributed by atoms with E-state index in [-0.39, 0.29) is 0 Å². The Labute approximate surface area is 121 Å². The Morgan fingerprint density at radius 1 is 0.471 bits per heavy atom. The summed E-state index contributed by atoms with van der Waals surface area (Å²) in [6, 6.07) is 0. The van der Waals surface area contributed by atoms with Crippen molar-refractivity contribution in [3.8, 4) is 0 Å². The van der Waals surface area contributed by atoms with Crippen LogP contribution in [0.1, 0.15) is 0 Å².